The summed E-state index contributed by atoms with van der Waals surface area (Å²) in [5, 5.41) is 0. The topological polar surface area (TPSA) is 24.1 Å². The van der Waals surface area contributed by atoms with Gasteiger partial charge in [0.05, 0.1) is 0 Å². The fraction of sp³-hybridized carbons (Fsp3) is 1.00. The molecule has 2 heteroatoms. The molecule has 0 radical (unpaired) electrons. The van der Waals surface area contributed by atoms with Crippen LogP contribution in [0.25, 0.3) is 0 Å². The SMILES string of the molecule is CCCC1CNNC1. The van der Waals surface area contributed by atoms with E-state index in [-0.39, 0.29) is 0 Å². The zero-order valence-corrected chi connectivity index (χ0v) is 5.41. The maximum Gasteiger partial charge on any atom is 0.0141 e. The van der Waals surface area contributed by atoms with E-state index in [9.17, 15) is 0 Å². The predicted molar refractivity (Wildman–Crippen MR) is 34.4 cm³/mol. The molecular weight excluding hydrogens is 100 g/mol. The quantitative estimate of drug-likeness (QED) is 0.546. The molecule has 48 valence electrons. The van der Waals surface area contributed by atoms with Crippen LogP contribution in [0.5, 0.6) is 0 Å². The first-order valence-corrected chi connectivity index (χ1v) is 3.39. The van der Waals surface area contributed by atoms with Crippen LogP contribution in [-0.4, -0.2) is 13.1 Å². The van der Waals surface area contributed by atoms with Gasteiger partial charge in [-0.3, -0.25) is 10.9 Å². The van der Waals surface area contributed by atoms with Crippen LogP contribution in [0.4, 0.5) is 0 Å². The van der Waals surface area contributed by atoms with E-state index in [0.717, 1.165) is 19.0 Å². The molecule has 0 atom stereocenters. The number of hydrogen-bond acceptors (Lipinski definition) is 2. The highest BCUT2D eigenvalue weighted by Crippen LogP contribution is 2.05. The molecular formula is C6H14N2. The highest BCUT2D eigenvalue weighted by molar-refractivity contribution is 4.67. The van der Waals surface area contributed by atoms with Crippen LogP contribution in [0.3, 0.4) is 0 Å². The molecule has 2 nitrogen and oxygen atoms in total. The summed E-state index contributed by atoms with van der Waals surface area (Å²) in [5.74, 6) is 0.889. The molecule has 1 rings (SSSR count). The number of hydrogen-bond donors (Lipinski definition) is 2. The first kappa shape index (κ1) is 6.05. The first-order valence-electron chi connectivity index (χ1n) is 3.39. The van der Waals surface area contributed by atoms with Gasteiger partial charge in [-0.1, -0.05) is 13.3 Å². The summed E-state index contributed by atoms with van der Waals surface area (Å²) < 4.78 is 0. The summed E-state index contributed by atoms with van der Waals surface area (Å²) in [5.41, 5.74) is 6.21. The molecule has 0 aromatic rings. The second-order valence-corrected chi connectivity index (χ2v) is 2.42. The van der Waals surface area contributed by atoms with E-state index in [4.69, 9.17) is 0 Å². The third-order valence-corrected chi connectivity index (χ3v) is 1.60. The van der Waals surface area contributed by atoms with Crippen molar-refractivity contribution in [1.82, 2.24) is 10.9 Å². The summed E-state index contributed by atoms with van der Waals surface area (Å²) in [4.78, 5) is 0. The van der Waals surface area contributed by atoms with Crippen molar-refractivity contribution < 1.29 is 0 Å². The average molecular weight is 114 g/mol. The molecule has 1 fully saturated rings. The molecule has 0 aromatic carbocycles. The average Bonchev–Trinajstić information content (AvgIpc) is 2.19. The Hall–Kier alpha value is -0.0800. The minimum Gasteiger partial charge on any atom is -0.258 e. The van der Waals surface area contributed by atoms with Gasteiger partial charge in [0.1, 0.15) is 0 Å². The van der Waals surface area contributed by atoms with E-state index in [1.807, 2.05) is 0 Å². The molecule has 0 saturated carbocycles. The number of hydrazine groups is 1. The second kappa shape index (κ2) is 3.05. The zero-order chi connectivity index (χ0) is 5.82. The lowest BCUT2D eigenvalue weighted by molar-refractivity contribution is 0.548. The van der Waals surface area contributed by atoms with Gasteiger partial charge < -0.3 is 0 Å². The van der Waals surface area contributed by atoms with E-state index in [1.54, 1.807) is 0 Å². The Bertz CT molecular complexity index is 57.5. The summed E-state index contributed by atoms with van der Waals surface area (Å²) in [6.07, 6.45) is 2.67. The van der Waals surface area contributed by atoms with Crippen LogP contribution in [0.2, 0.25) is 0 Å². The second-order valence-electron chi connectivity index (χ2n) is 2.42. The van der Waals surface area contributed by atoms with Gasteiger partial charge in [0.25, 0.3) is 0 Å². The van der Waals surface area contributed by atoms with Gasteiger partial charge in [-0.15, -0.1) is 0 Å². The van der Waals surface area contributed by atoms with Crippen LogP contribution >= 0.6 is 0 Å². The summed E-state index contributed by atoms with van der Waals surface area (Å²) in [7, 11) is 0. The zero-order valence-electron chi connectivity index (χ0n) is 5.41. The van der Waals surface area contributed by atoms with Gasteiger partial charge in [-0.2, -0.15) is 0 Å². The molecule has 0 amide bonds. The van der Waals surface area contributed by atoms with Gasteiger partial charge in [-0.25, -0.2) is 0 Å². The highest BCUT2D eigenvalue weighted by atomic mass is 15.4. The molecule has 0 spiro atoms. The maximum absolute atomic E-state index is 3.11. The van der Waals surface area contributed by atoms with Gasteiger partial charge >= 0.3 is 0 Å². The molecule has 1 aliphatic rings. The molecule has 1 saturated heterocycles. The van der Waals surface area contributed by atoms with Gasteiger partial charge in [0.15, 0.2) is 0 Å². The van der Waals surface area contributed by atoms with Gasteiger partial charge in [0, 0.05) is 13.1 Å². The fourth-order valence-electron chi connectivity index (χ4n) is 1.12. The van der Waals surface area contributed by atoms with E-state index in [0.29, 0.717) is 0 Å². The molecule has 8 heavy (non-hydrogen) atoms. The van der Waals surface area contributed by atoms with Crippen molar-refractivity contribution in [3.8, 4) is 0 Å². The van der Waals surface area contributed by atoms with Crippen molar-refractivity contribution in [2.75, 3.05) is 13.1 Å². The summed E-state index contributed by atoms with van der Waals surface area (Å²) >= 11 is 0. The Labute approximate surface area is 50.6 Å². The van der Waals surface area contributed by atoms with Crippen LogP contribution in [0, 0.1) is 5.92 Å². The van der Waals surface area contributed by atoms with Gasteiger partial charge in [-0.05, 0) is 12.3 Å². The van der Waals surface area contributed by atoms with Crippen LogP contribution < -0.4 is 10.9 Å². The third-order valence-electron chi connectivity index (χ3n) is 1.60. The lowest BCUT2D eigenvalue weighted by Crippen LogP contribution is -2.21. The van der Waals surface area contributed by atoms with Crippen molar-refractivity contribution in [1.29, 1.82) is 0 Å². The fourth-order valence-corrected chi connectivity index (χ4v) is 1.12. The maximum atomic E-state index is 3.11. The standard InChI is InChI=1S/C6H14N2/c1-2-3-6-4-7-8-5-6/h6-8H,2-5H2,1H3. The monoisotopic (exact) mass is 114 g/mol. The smallest absolute Gasteiger partial charge is 0.0141 e. The largest absolute Gasteiger partial charge is 0.258 e. The molecule has 0 bridgehead atoms. The van der Waals surface area contributed by atoms with Crippen LogP contribution in [0.1, 0.15) is 19.8 Å². The van der Waals surface area contributed by atoms with Crippen molar-refractivity contribution in [3.05, 3.63) is 0 Å². The highest BCUT2D eigenvalue weighted by Gasteiger charge is 2.11. The van der Waals surface area contributed by atoms with Gasteiger partial charge in [0.2, 0.25) is 0 Å². The number of nitrogens with one attached hydrogen (secondary N) is 2. The van der Waals surface area contributed by atoms with E-state index in [2.05, 4.69) is 17.8 Å². The minimum atomic E-state index is 0.889. The van der Waals surface area contributed by atoms with Crippen molar-refractivity contribution >= 4 is 0 Å². The van der Waals surface area contributed by atoms with Crippen LogP contribution in [-0.2, 0) is 0 Å². The normalized spacial score (nSPS) is 22.1. The lowest BCUT2D eigenvalue weighted by Gasteiger charge is -2.01. The lowest BCUT2D eigenvalue weighted by atomic mass is 10.1. The number of rotatable bonds is 2. The van der Waals surface area contributed by atoms with Crippen molar-refractivity contribution in [3.63, 3.8) is 0 Å². The molecule has 0 aromatic heterocycles. The Morgan fingerprint density at radius 1 is 1.38 bits per heavy atom. The molecule has 2 N–H and O–H groups in total. The summed E-state index contributed by atoms with van der Waals surface area (Å²) in [6.45, 7) is 4.56. The van der Waals surface area contributed by atoms with Crippen LogP contribution in [0.15, 0.2) is 0 Å². The third kappa shape index (κ3) is 1.46. The minimum absolute atomic E-state index is 0.889. The summed E-state index contributed by atoms with van der Waals surface area (Å²) in [6, 6.07) is 0. The van der Waals surface area contributed by atoms with Crippen molar-refractivity contribution in [2.24, 2.45) is 5.92 Å². The molecule has 1 aliphatic heterocycles. The Balaban J connectivity index is 2.06. The molecule has 0 unspecified atom stereocenters. The Morgan fingerprint density at radius 3 is 2.50 bits per heavy atom. The van der Waals surface area contributed by atoms with E-state index in [1.165, 1.54) is 12.8 Å². The molecule has 1 heterocycles. The first-order chi connectivity index (χ1) is 3.93. The Kier molecular flexibility index (Phi) is 2.30. The molecule has 0 aliphatic carbocycles. The van der Waals surface area contributed by atoms with E-state index >= 15 is 0 Å². The predicted octanol–water partition coefficient (Wildman–Crippen LogP) is 0.511. The Morgan fingerprint density at radius 2 is 2.00 bits per heavy atom. The van der Waals surface area contributed by atoms with E-state index < -0.39 is 0 Å². The van der Waals surface area contributed by atoms with Crippen molar-refractivity contribution in [2.45, 2.75) is 19.8 Å².